The Labute approximate surface area is 369 Å². The van der Waals surface area contributed by atoms with Gasteiger partial charge in [0.05, 0.1) is 11.0 Å². The minimum absolute atomic E-state index is 0. The number of pyridine rings is 1. The molecule has 2 nitrogen and oxygen atoms in total. The van der Waals surface area contributed by atoms with Crippen LogP contribution in [-0.4, -0.2) is 16.3 Å². The molecule has 5 rings (SSSR count). The fourth-order valence-electron chi connectivity index (χ4n) is 6.95. The van der Waals surface area contributed by atoms with Crippen molar-refractivity contribution in [2.24, 2.45) is 17.3 Å². The van der Waals surface area contributed by atoms with Gasteiger partial charge in [-0.1, -0.05) is 165 Å². The second kappa shape index (κ2) is 20.6. The van der Waals surface area contributed by atoms with E-state index in [0.717, 1.165) is 67.6 Å². The topological polar surface area (TPSA) is 33.1 Å². The van der Waals surface area contributed by atoms with Crippen molar-refractivity contribution in [3.05, 3.63) is 138 Å². The van der Waals surface area contributed by atoms with Crippen LogP contribution in [-0.2, 0) is 38.1 Å². The van der Waals surface area contributed by atoms with E-state index in [1.807, 2.05) is 30.3 Å². The van der Waals surface area contributed by atoms with E-state index in [4.69, 9.17) is 9.32 Å². The molecule has 0 aliphatic heterocycles. The van der Waals surface area contributed by atoms with Gasteiger partial charge in [0.25, 0.3) is 0 Å². The molecule has 0 unspecified atom stereocenters. The predicted molar refractivity (Wildman–Crippen MR) is 231 cm³/mol. The number of rotatable bonds is 12. The Balaban J connectivity index is 0.000000548. The Hall–Kier alpha value is -4.20. The summed E-state index contributed by atoms with van der Waals surface area (Å²) in [5.41, 5.74) is 0.278. The zero-order chi connectivity index (χ0) is 45.7. The summed E-state index contributed by atoms with van der Waals surface area (Å²) >= 11 is 0. The van der Waals surface area contributed by atoms with Crippen molar-refractivity contribution in [3.63, 3.8) is 0 Å². The molecular weight excluding hydrogens is 949 g/mol. The Kier molecular flexibility index (Phi) is 16.1. The maximum absolute atomic E-state index is 14.2. The number of nitrogens with zero attached hydrogens (tertiary/aromatic N) is 1. The molecule has 4 aromatic carbocycles. The van der Waals surface area contributed by atoms with Crippen molar-refractivity contribution in [1.82, 2.24) is 4.98 Å². The number of fused-ring (bicyclic) bond motifs is 1. The van der Waals surface area contributed by atoms with E-state index in [9.17, 15) is 31.4 Å². The van der Waals surface area contributed by atoms with Crippen LogP contribution < -0.4 is 0 Å². The number of hydrogen-bond acceptors (Lipinski definition) is 2. The fourth-order valence-corrected chi connectivity index (χ4v) is 6.95. The standard InChI is InChI=1S/C37H32F6N.C14H25O.Ir/c1-34(2,3)31-19-28(18-27-8-6-7-9-29(27)31)33-20-30(32(22-44-33)36(38,39)40)26-16-14-25(15-17-26)24-12-10-23(11-13-24)21-35(4,5)37(41,42)43;1-6-12(7-2)11(5)10-14(15)13(8-3)9-4;/h6-17,19-20,22H,21H2,1-5H3;5,10,12-13,15H,6-9H2,1-4H3;/q2*-1;/b;14-10-;/i21D2;;. The van der Waals surface area contributed by atoms with Crippen LogP contribution in [0.25, 0.3) is 44.3 Å². The SMILES string of the molecule is [2H]C([2H])(c1ccc(-c2ccc(-c3cc(-c4[c-]c5ccccc5c(C(C)(C)C)c4)ncc3C(F)(F)F)cc2)cc1)C(C)(C)C(F)(F)F.[CH-]=C(/C=C(\O)C(CC)CC)C(CC)CC.[Ir]. The van der Waals surface area contributed by atoms with Crippen molar-refractivity contribution in [1.29, 1.82) is 0 Å². The van der Waals surface area contributed by atoms with Crippen LogP contribution in [0.2, 0.25) is 0 Å². The molecule has 0 amide bonds. The van der Waals surface area contributed by atoms with Gasteiger partial charge in [-0.25, -0.2) is 5.57 Å². The number of aliphatic hydroxyl groups excluding tert-OH is 1. The third-order valence-electron chi connectivity index (χ3n) is 10.8. The summed E-state index contributed by atoms with van der Waals surface area (Å²) in [4.78, 5) is 4.20. The number of aromatic nitrogens is 1. The second-order valence-corrected chi connectivity index (χ2v) is 16.5. The van der Waals surface area contributed by atoms with Crippen LogP contribution >= 0.6 is 0 Å². The number of halogens is 6. The van der Waals surface area contributed by atoms with Crippen molar-refractivity contribution in [3.8, 4) is 33.5 Å². The molecule has 0 atom stereocenters. The van der Waals surface area contributed by atoms with Crippen LogP contribution in [0.5, 0.6) is 0 Å². The van der Waals surface area contributed by atoms with Crippen molar-refractivity contribution in [2.45, 2.75) is 112 Å². The number of hydrogen-bond donors (Lipinski definition) is 1. The number of benzene rings is 4. The van der Waals surface area contributed by atoms with Crippen LogP contribution in [0.15, 0.2) is 109 Å². The van der Waals surface area contributed by atoms with Gasteiger partial charge < -0.3 is 5.11 Å². The number of allylic oxidation sites excluding steroid dienone is 3. The zero-order valence-electron chi connectivity index (χ0n) is 37.8. The predicted octanol–water partition coefficient (Wildman–Crippen LogP) is 16.1. The summed E-state index contributed by atoms with van der Waals surface area (Å²) in [5, 5.41) is 11.7. The van der Waals surface area contributed by atoms with E-state index < -0.39 is 29.7 Å². The maximum atomic E-state index is 14.2. The van der Waals surface area contributed by atoms with Gasteiger partial charge in [-0.05, 0) is 58.4 Å². The molecule has 0 saturated heterocycles. The van der Waals surface area contributed by atoms with Gasteiger partial charge >= 0.3 is 12.4 Å². The average Bonchev–Trinajstić information content (AvgIpc) is 3.20. The van der Waals surface area contributed by atoms with Gasteiger partial charge in [0.2, 0.25) is 0 Å². The first-order valence-corrected chi connectivity index (χ1v) is 20.2. The third-order valence-corrected chi connectivity index (χ3v) is 10.8. The monoisotopic (exact) mass is 1010 g/mol. The molecule has 0 fully saturated rings. The molecule has 60 heavy (non-hydrogen) atoms. The van der Waals surface area contributed by atoms with Crippen molar-refractivity contribution >= 4 is 10.8 Å². The maximum Gasteiger partial charge on any atom is 0.418 e. The zero-order valence-corrected chi connectivity index (χ0v) is 38.2. The summed E-state index contributed by atoms with van der Waals surface area (Å²) in [5.74, 6) is 1.11. The molecule has 0 aliphatic carbocycles. The molecule has 1 heterocycles. The van der Waals surface area contributed by atoms with E-state index in [2.05, 4.69) is 59.5 Å². The Morgan fingerprint density at radius 3 is 1.77 bits per heavy atom. The Morgan fingerprint density at radius 2 is 1.27 bits per heavy atom. The van der Waals surface area contributed by atoms with E-state index in [0.29, 0.717) is 39.6 Å². The van der Waals surface area contributed by atoms with E-state index in [-0.39, 0.29) is 42.6 Å². The third kappa shape index (κ3) is 12.4. The summed E-state index contributed by atoms with van der Waals surface area (Å²) in [7, 11) is 0. The first-order valence-electron chi connectivity index (χ1n) is 21.2. The van der Waals surface area contributed by atoms with Crippen molar-refractivity contribution in [2.75, 3.05) is 0 Å². The largest absolute Gasteiger partial charge is 0.531 e. The van der Waals surface area contributed by atoms with Crippen LogP contribution in [0.3, 0.4) is 0 Å². The molecule has 0 aliphatic rings. The summed E-state index contributed by atoms with van der Waals surface area (Å²) in [6.45, 7) is 22.2. The second-order valence-electron chi connectivity index (χ2n) is 16.5. The molecule has 0 spiro atoms. The van der Waals surface area contributed by atoms with Gasteiger partial charge in [-0.3, -0.25) is 11.6 Å². The summed E-state index contributed by atoms with van der Waals surface area (Å²) in [6.07, 6.45) is -5.51. The molecule has 0 bridgehead atoms. The average molecular weight is 1010 g/mol. The quantitative estimate of drug-likeness (QED) is 0.0585. The fraction of sp³-hybridized carbons (Fsp3) is 0.392. The van der Waals surface area contributed by atoms with Gasteiger partial charge in [-0.2, -0.15) is 32.4 Å². The molecule has 1 radical (unpaired) electrons. The normalized spacial score (nSPS) is 13.4. The number of aliphatic hydroxyl groups is 1. The molecule has 0 saturated carbocycles. The molecule has 9 heteroatoms. The van der Waals surface area contributed by atoms with Crippen LogP contribution in [0.4, 0.5) is 26.3 Å². The summed E-state index contributed by atoms with van der Waals surface area (Å²) in [6, 6.07) is 26.4. The molecule has 1 aromatic heterocycles. The Morgan fingerprint density at radius 1 is 0.750 bits per heavy atom. The van der Waals surface area contributed by atoms with Crippen LogP contribution in [0.1, 0.15) is 107 Å². The molecule has 325 valence electrons. The first-order chi connectivity index (χ1) is 28.3. The smallest absolute Gasteiger partial charge is 0.418 e. The Bertz CT molecular complexity index is 2300. The van der Waals surface area contributed by atoms with E-state index >= 15 is 0 Å². The van der Waals surface area contributed by atoms with Crippen LogP contribution in [0, 0.1) is 29.9 Å². The first kappa shape index (κ1) is 46.9. The van der Waals surface area contributed by atoms with Gasteiger partial charge in [0.15, 0.2) is 0 Å². The van der Waals surface area contributed by atoms with E-state index in [1.54, 1.807) is 30.3 Å². The molecular formula is C51H57F6IrNO-2. The molecule has 5 aromatic rings. The number of alkyl halides is 6. The minimum Gasteiger partial charge on any atom is -0.531 e. The molecule has 1 N–H and O–H groups in total. The van der Waals surface area contributed by atoms with Gasteiger partial charge in [0.1, 0.15) is 0 Å². The van der Waals surface area contributed by atoms with Gasteiger partial charge in [0, 0.05) is 40.5 Å². The van der Waals surface area contributed by atoms with Gasteiger partial charge in [-0.15, -0.1) is 29.1 Å². The minimum atomic E-state index is -4.77. The summed E-state index contributed by atoms with van der Waals surface area (Å²) < 4.78 is 99.7. The van der Waals surface area contributed by atoms with E-state index in [1.165, 1.54) is 30.3 Å². The van der Waals surface area contributed by atoms with Crippen molar-refractivity contribution < 1.29 is 54.3 Å².